The molecule has 2 N–H and O–H groups in total. The molecule has 6 atom stereocenters. The lowest BCUT2D eigenvalue weighted by Crippen LogP contribution is -2.47. The number of hydrogen-bond acceptors (Lipinski definition) is 6. The fourth-order valence-electron chi connectivity index (χ4n) is 7.44. The van der Waals surface area contributed by atoms with Gasteiger partial charge in [0.1, 0.15) is 0 Å². The molecule has 2 unspecified atom stereocenters. The van der Waals surface area contributed by atoms with Crippen LogP contribution in [0.1, 0.15) is 69.9 Å². The number of nitrogens with one attached hydrogen (secondary N) is 1. The number of benzene rings is 1. The lowest BCUT2D eigenvalue weighted by Gasteiger charge is -2.52. The minimum Gasteiger partial charge on any atom is -0.490 e. The van der Waals surface area contributed by atoms with Crippen LogP contribution in [0.15, 0.2) is 12.1 Å². The van der Waals surface area contributed by atoms with Gasteiger partial charge in [0, 0.05) is 6.92 Å². The molecule has 0 heterocycles. The largest absolute Gasteiger partial charge is 0.490 e. The molecule has 5 rings (SSSR count). The average molecular weight is 450 g/mol. The first-order valence-corrected chi connectivity index (χ1v) is 12.7. The topological polar surface area (TPSA) is 102 Å². The fourth-order valence-corrected chi connectivity index (χ4v) is 8.20. The smallest absolute Gasteiger partial charge is 0.409 e. The third-order valence-electron chi connectivity index (χ3n) is 8.68. The van der Waals surface area contributed by atoms with Gasteiger partial charge in [0.05, 0.1) is 12.7 Å². The molecule has 4 aliphatic rings. The van der Waals surface area contributed by atoms with Crippen molar-refractivity contribution in [2.45, 2.75) is 71.3 Å². The number of aliphatic hydroxyl groups is 1. The molecule has 0 saturated heterocycles. The van der Waals surface area contributed by atoms with Crippen molar-refractivity contribution < 1.29 is 27.2 Å². The van der Waals surface area contributed by atoms with Crippen LogP contribution in [0.25, 0.3) is 0 Å². The molecule has 3 fully saturated rings. The standard InChI is InChI=1S/C23H31NO6S/c1-4-29-19-11-17-14(9-20(19)30-31(27,28)24-13(2)25)5-6-18-16(17)7-8-22(3)21(26)10-15-12-23(15,18)22/h9,11,15-16,18,21,26H,4-8,10,12H2,1-3H3,(H,24,25)/t15-,16?,18?,21+,22-,23+/m1/s1. The minimum atomic E-state index is -4.26. The molecule has 4 aliphatic carbocycles. The highest BCUT2D eigenvalue weighted by Gasteiger charge is 2.76. The van der Waals surface area contributed by atoms with Crippen LogP contribution < -0.4 is 13.6 Å². The van der Waals surface area contributed by atoms with E-state index in [1.54, 1.807) is 6.07 Å². The van der Waals surface area contributed by atoms with Crippen molar-refractivity contribution >= 4 is 16.2 Å². The van der Waals surface area contributed by atoms with Gasteiger partial charge in [0.25, 0.3) is 0 Å². The first kappa shape index (κ1) is 21.1. The van der Waals surface area contributed by atoms with E-state index in [4.69, 9.17) is 8.92 Å². The van der Waals surface area contributed by atoms with Gasteiger partial charge >= 0.3 is 10.3 Å². The van der Waals surface area contributed by atoms with Crippen molar-refractivity contribution in [1.82, 2.24) is 4.72 Å². The Hall–Kier alpha value is -1.80. The van der Waals surface area contributed by atoms with Gasteiger partial charge in [-0.05, 0) is 97.3 Å². The monoisotopic (exact) mass is 449 g/mol. The van der Waals surface area contributed by atoms with Crippen LogP contribution in [-0.2, 0) is 21.5 Å². The molecule has 0 radical (unpaired) electrons. The maximum Gasteiger partial charge on any atom is 0.409 e. The van der Waals surface area contributed by atoms with E-state index >= 15 is 0 Å². The van der Waals surface area contributed by atoms with Gasteiger partial charge in [-0.2, -0.15) is 8.42 Å². The Morgan fingerprint density at radius 3 is 2.77 bits per heavy atom. The molecule has 170 valence electrons. The van der Waals surface area contributed by atoms with Crippen molar-refractivity contribution in [1.29, 1.82) is 0 Å². The predicted molar refractivity (Wildman–Crippen MR) is 114 cm³/mol. The molecule has 1 amide bonds. The minimum absolute atomic E-state index is 0.0224. The maximum absolute atomic E-state index is 12.2. The number of fused-ring (bicyclic) bond motifs is 3. The average Bonchev–Trinajstić information content (AvgIpc) is 3.33. The van der Waals surface area contributed by atoms with E-state index in [1.807, 2.05) is 17.7 Å². The van der Waals surface area contributed by atoms with Crippen molar-refractivity contribution in [3.63, 3.8) is 0 Å². The number of hydrogen-bond donors (Lipinski definition) is 2. The van der Waals surface area contributed by atoms with Crippen molar-refractivity contribution in [3.05, 3.63) is 23.3 Å². The molecule has 7 nitrogen and oxygen atoms in total. The summed E-state index contributed by atoms with van der Waals surface area (Å²) in [5.74, 6) is 1.38. The summed E-state index contributed by atoms with van der Waals surface area (Å²) in [5, 5.41) is 10.8. The zero-order valence-electron chi connectivity index (χ0n) is 18.3. The third-order valence-corrected chi connectivity index (χ3v) is 9.62. The second kappa shape index (κ2) is 6.85. The number of carbonyl (C=O) groups excluding carboxylic acids is 1. The van der Waals surface area contributed by atoms with Gasteiger partial charge in [0.15, 0.2) is 11.5 Å². The Bertz CT molecular complexity index is 1040. The van der Waals surface area contributed by atoms with Crippen LogP contribution in [-0.4, -0.2) is 32.1 Å². The quantitative estimate of drug-likeness (QED) is 0.716. The zero-order chi connectivity index (χ0) is 22.2. The van der Waals surface area contributed by atoms with Crippen LogP contribution in [0.4, 0.5) is 0 Å². The van der Waals surface area contributed by atoms with E-state index in [0.717, 1.165) is 44.6 Å². The Morgan fingerprint density at radius 2 is 2.06 bits per heavy atom. The van der Waals surface area contributed by atoms with Crippen LogP contribution in [0.2, 0.25) is 0 Å². The number of rotatable bonds is 5. The predicted octanol–water partition coefficient (Wildman–Crippen LogP) is 3.06. The van der Waals surface area contributed by atoms with E-state index in [9.17, 15) is 18.3 Å². The number of amides is 1. The highest BCUT2D eigenvalue weighted by atomic mass is 32.2. The summed E-state index contributed by atoms with van der Waals surface area (Å²) in [6.45, 7) is 5.64. The molecule has 31 heavy (non-hydrogen) atoms. The number of ether oxygens (including phenoxy) is 1. The first-order valence-electron chi connectivity index (χ1n) is 11.3. The summed E-state index contributed by atoms with van der Waals surface area (Å²) in [4.78, 5) is 11.2. The second-order valence-corrected chi connectivity index (χ2v) is 11.3. The van der Waals surface area contributed by atoms with Crippen LogP contribution >= 0.6 is 0 Å². The SMILES string of the molecule is CCOc1cc2c(cc1OS(=O)(=O)NC(C)=O)CCC1C2CC[C@]2(C)[C@@H](O)C[C@@H]3C[C@@]132. The molecule has 0 aromatic heterocycles. The second-order valence-electron chi connectivity index (χ2n) is 10.0. The summed E-state index contributed by atoms with van der Waals surface area (Å²) in [6.07, 6.45) is 5.90. The molecule has 1 aromatic rings. The molecule has 0 aliphatic heterocycles. The summed E-state index contributed by atoms with van der Waals surface area (Å²) in [7, 11) is -4.26. The summed E-state index contributed by atoms with van der Waals surface area (Å²) < 4.78 is 37.1. The van der Waals surface area contributed by atoms with Crippen molar-refractivity contribution in [3.8, 4) is 11.5 Å². The summed E-state index contributed by atoms with van der Waals surface area (Å²) in [6, 6.07) is 3.73. The molecule has 8 heteroatoms. The first-order chi connectivity index (χ1) is 14.6. The fraction of sp³-hybridized carbons (Fsp3) is 0.696. The van der Waals surface area contributed by atoms with E-state index < -0.39 is 16.2 Å². The van der Waals surface area contributed by atoms with Gasteiger partial charge in [-0.1, -0.05) is 6.92 Å². The highest BCUT2D eigenvalue weighted by Crippen LogP contribution is 2.81. The normalized spacial score (nSPS) is 37.7. The number of carbonyl (C=O) groups is 1. The van der Waals surface area contributed by atoms with Gasteiger partial charge < -0.3 is 14.0 Å². The zero-order valence-corrected chi connectivity index (χ0v) is 19.1. The van der Waals surface area contributed by atoms with Gasteiger partial charge in [-0.3, -0.25) is 4.79 Å². The lowest BCUT2D eigenvalue weighted by atomic mass is 9.52. The van der Waals surface area contributed by atoms with Crippen molar-refractivity contribution in [2.24, 2.45) is 22.7 Å². The Morgan fingerprint density at radius 1 is 1.29 bits per heavy atom. The molecule has 1 aromatic carbocycles. The lowest BCUT2D eigenvalue weighted by molar-refractivity contribution is -0.117. The van der Waals surface area contributed by atoms with Crippen molar-refractivity contribution in [2.75, 3.05) is 6.61 Å². The summed E-state index contributed by atoms with van der Waals surface area (Å²) in [5.41, 5.74) is 2.60. The summed E-state index contributed by atoms with van der Waals surface area (Å²) >= 11 is 0. The molecule has 0 bridgehead atoms. The Labute approximate surface area is 183 Å². The Kier molecular flexibility index (Phi) is 4.65. The highest BCUT2D eigenvalue weighted by molar-refractivity contribution is 7.85. The van der Waals surface area contributed by atoms with Crippen LogP contribution in [0.3, 0.4) is 0 Å². The molecule has 3 saturated carbocycles. The Balaban J connectivity index is 1.50. The van der Waals surface area contributed by atoms with Crippen LogP contribution in [0.5, 0.6) is 11.5 Å². The van der Waals surface area contributed by atoms with Gasteiger partial charge in [0.2, 0.25) is 5.91 Å². The van der Waals surface area contributed by atoms with E-state index in [0.29, 0.717) is 30.1 Å². The maximum atomic E-state index is 12.2. The molecular weight excluding hydrogens is 418 g/mol. The van der Waals surface area contributed by atoms with Gasteiger partial charge in [-0.25, -0.2) is 4.72 Å². The van der Waals surface area contributed by atoms with E-state index in [2.05, 4.69) is 6.92 Å². The third kappa shape index (κ3) is 3.01. The van der Waals surface area contributed by atoms with E-state index in [1.165, 1.54) is 12.0 Å². The van der Waals surface area contributed by atoms with Gasteiger partial charge in [-0.15, -0.1) is 0 Å². The molecule has 1 spiro atoms. The number of aryl methyl sites for hydroxylation is 1. The van der Waals surface area contributed by atoms with Crippen LogP contribution in [0, 0.1) is 22.7 Å². The number of aliphatic hydroxyl groups excluding tert-OH is 1. The van der Waals surface area contributed by atoms with E-state index in [-0.39, 0.29) is 22.7 Å². The molecular formula is C23H31NO6S.